The molecule has 106 valence electrons. The minimum Gasteiger partial charge on any atom is -0.397 e. The molecule has 0 aliphatic carbocycles. The molecule has 0 aliphatic rings. The van der Waals surface area contributed by atoms with Crippen molar-refractivity contribution in [2.75, 3.05) is 17.6 Å². The summed E-state index contributed by atoms with van der Waals surface area (Å²) in [5.41, 5.74) is 10.9. The molecule has 7 nitrogen and oxygen atoms in total. The van der Waals surface area contributed by atoms with Crippen LogP contribution in [0, 0.1) is 5.41 Å². The molecular formula is C11H18N4O3S. The molecule has 0 unspecified atom stereocenters. The second-order valence-corrected chi connectivity index (χ2v) is 6.46. The fraction of sp³-hybridized carbons (Fsp3) is 0.364. The van der Waals surface area contributed by atoms with Crippen molar-refractivity contribution >= 4 is 27.3 Å². The summed E-state index contributed by atoms with van der Waals surface area (Å²) in [4.78, 5) is 11.1. The maximum Gasteiger partial charge on any atom is 0.238 e. The van der Waals surface area contributed by atoms with Gasteiger partial charge in [0.1, 0.15) is 0 Å². The van der Waals surface area contributed by atoms with Crippen LogP contribution in [0.15, 0.2) is 23.1 Å². The third-order valence-electron chi connectivity index (χ3n) is 2.74. The van der Waals surface area contributed by atoms with Crippen LogP contribution in [-0.4, -0.2) is 20.9 Å². The van der Waals surface area contributed by atoms with Crippen molar-refractivity contribution in [3.63, 3.8) is 0 Å². The highest BCUT2D eigenvalue weighted by Crippen LogP contribution is 2.24. The van der Waals surface area contributed by atoms with E-state index in [0.717, 1.165) is 0 Å². The SMILES string of the molecule is CC(C)(CNc1cc(S(N)(=O)=O)ccc1N)C(N)=O. The Labute approximate surface area is 112 Å². The number of nitrogens with two attached hydrogens (primary N) is 3. The number of anilines is 2. The van der Waals surface area contributed by atoms with Crippen LogP contribution >= 0.6 is 0 Å². The Bertz CT molecular complexity index is 596. The zero-order valence-electron chi connectivity index (χ0n) is 10.8. The fourth-order valence-electron chi connectivity index (χ4n) is 1.27. The van der Waals surface area contributed by atoms with E-state index in [2.05, 4.69) is 5.32 Å². The molecule has 1 rings (SSSR count). The lowest BCUT2D eigenvalue weighted by Crippen LogP contribution is -2.37. The van der Waals surface area contributed by atoms with Crippen LogP contribution in [0.1, 0.15) is 13.8 Å². The first kappa shape index (κ1) is 15.3. The lowest BCUT2D eigenvalue weighted by molar-refractivity contribution is -0.125. The highest BCUT2D eigenvalue weighted by atomic mass is 32.2. The smallest absolute Gasteiger partial charge is 0.238 e. The summed E-state index contributed by atoms with van der Waals surface area (Å²) in [5.74, 6) is -0.471. The molecule has 0 aliphatic heterocycles. The van der Waals surface area contributed by atoms with Crippen molar-refractivity contribution in [3.8, 4) is 0 Å². The van der Waals surface area contributed by atoms with E-state index in [4.69, 9.17) is 16.6 Å². The molecule has 8 heteroatoms. The predicted octanol–water partition coefficient (Wildman–Crippen LogP) is -0.160. The van der Waals surface area contributed by atoms with Gasteiger partial charge in [-0.05, 0) is 32.0 Å². The fourth-order valence-corrected chi connectivity index (χ4v) is 1.81. The summed E-state index contributed by atoms with van der Waals surface area (Å²) < 4.78 is 22.5. The summed E-state index contributed by atoms with van der Waals surface area (Å²) in [5, 5.41) is 7.94. The number of amides is 1. The summed E-state index contributed by atoms with van der Waals surface area (Å²) in [6.07, 6.45) is 0. The Kier molecular flexibility index (Phi) is 4.06. The molecule has 0 heterocycles. The highest BCUT2D eigenvalue weighted by Gasteiger charge is 2.25. The van der Waals surface area contributed by atoms with Gasteiger partial charge in [-0.3, -0.25) is 4.79 Å². The number of rotatable bonds is 5. The summed E-state index contributed by atoms with van der Waals surface area (Å²) in [7, 11) is -3.80. The Morgan fingerprint density at radius 3 is 2.42 bits per heavy atom. The molecule has 1 aromatic carbocycles. The van der Waals surface area contributed by atoms with Crippen LogP contribution in [0.4, 0.5) is 11.4 Å². The zero-order chi connectivity index (χ0) is 14.8. The molecule has 0 spiro atoms. The Hall–Kier alpha value is -1.80. The van der Waals surface area contributed by atoms with E-state index in [1.807, 2.05) is 0 Å². The molecule has 0 aromatic heterocycles. The van der Waals surface area contributed by atoms with Crippen molar-refractivity contribution in [1.82, 2.24) is 0 Å². The van der Waals surface area contributed by atoms with E-state index in [1.54, 1.807) is 13.8 Å². The summed E-state index contributed by atoms with van der Waals surface area (Å²) in [6.45, 7) is 3.56. The van der Waals surface area contributed by atoms with Gasteiger partial charge in [-0.2, -0.15) is 0 Å². The second kappa shape index (κ2) is 5.06. The van der Waals surface area contributed by atoms with Gasteiger partial charge in [-0.25, -0.2) is 13.6 Å². The Balaban J connectivity index is 2.99. The summed E-state index contributed by atoms with van der Waals surface area (Å²) >= 11 is 0. The van der Waals surface area contributed by atoms with Gasteiger partial charge in [0.05, 0.1) is 21.7 Å². The van der Waals surface area contributed by atoms with Crippen molar-refractivity contribution in [2.24, 2.45) is 16.3 Å². The van der Waals surface area contributed by atoms with Gasteiger partial charge in [0.25, 0.3) is 0 Å². The van der Waals surface area contributed by atoms with Crippen LogP contribution in [0.25, 0.3) is 0 Å². The number of primary amides is 1. The number of hydrogen-bond donors (Lipinski definition) is 4. The zero-order valence-corrected chi connectivity index (χ0v) is 11.6. The van der Waals surface area contributed by atoms with Crippen LogP contribution in [-0.2, 0) is 14.8 Å². The third-order valence-corrected chi connectivity index (χ3v) is 3.65. The molecule has 0 saturated carbocycles. The topological polar surface area (TPSA) is 141 Å². The number of carbonyl (C=O) groups is 1. The Morgan fingerprint density at radius 1 is 1.37 bits per heavy atom. The third kappa shape index (κ3) is 3.83. The first-order chi connectivity index (χ1) is 8.54. The van der Waals surface area contributed by atoms with E-state index in [-0.39, 0.29) is 11.4 Å². The maximum absolute atomic E-state index is 11.2. The van der Waals surface area contributed by atoms with E-state index in [1.165, 1.54) is 18.2 Å². The molecule has 1 amide bonds. The number of hydrogen-bond acceptors (Lipinski definition) is 5. The minimum atomic E-state index is -3.80. The largest absolute Gasteiger partial charge is 0.397 e. The van der Waals surface area contributed by atoms with Gasteiger partial charge < -0.3 is 16.8 Å². The second-order valence-electron chi connectivity index (χ2n) is 4.90. The Morgan fingerprint density at radius 2 is 1.95 bits per heavy atom. The normalized spacial score (nSPS) is 12.2. The van der Waals surface area contributed by atoms with Crippen LogP contribution < -0.4 is 21.9 Å². The maximum atomic E-state index is 11.2. The molecule has 0 bridgehead atoms. The first-order valence-corrected chi connectivity index (χ1v) is 7.05. The number of nitrogens with one attached hydrogen (secondary N) is 1. The van der Waals surface area contributed by atoms with Gasteiger partial charge in [0, 0.05) is 6.54 Å². The molecule has 0 fully saturated rings. The minimum absolute atomic E-state index is 0.0546. The van der Waals surface area contributed by atoms with Gasteiger partial charge in [-0.15, -0.1) is 0 Å². The van der Waals surface area contributed by atoms with Crippen LogP contribution in [0.5, 0.6) is 0 Å². The molecule has 7 N–H and O–H groups in total. The average molecular weight is 286 g/mol. The van der Waals surface area contributed by atoms with Crippen LogP contribution in [0.2, 0.25) is 0 Å². The number of sulfonamides is 1. The molecule has 0 atom stereocenters. The highest BCUT2D eigenvalue weighted by molar-refractivity contribution is 7.89. The lowest BCUT2D eigenvalue weighted by atomic mass is 9.92. The van der Waals surface area contributed by atoms with Crippen molar-refractivity contribution in [3.05, 3.63) is 18.2 Å². The molecular weight excluding hydrogens is 268 g/mol. The van der Waals surface area contributed by atoms with Crippen molar-refractivity contribution in [2.45, 2.75) is 18.7 Å². The molecule has 19 heavy (non-hydrogen) atoms. The molecule has 0 saturated heterocycles. The quantitative estimate of drug-likeness (QED) is 0.556. The van der Waals surface area contributed by atoms with Gasteiger partial charge >= 0.3 is 0 Å². The van der Waals surface area contributed by atoms with Crippen molar-refractivity contribution in [1.29, 1.82) is 0 Å². The van der Waals surface area contributed by atoms with Gasteiger partial charge in [0.2, 0.25) is 15.9 Å². The summed E-state index contributed by atoms with van der Waals surface area (Å²) in [6, 6.07) is 4.07. The predicted molar refractivity (Wildman–Crippen MR) is 73.7 cm³/mol. The van der Waals surface area contributed by atoms with E-state index in [0.29, 0.717) is 11.4 Å². The van der Waals surface area contributed by atoms with Gasteiger partial charge in [-0.1, -0.05) is 0 Å². The number of benzene rings is 1. The van der Waals surface area contributed by atoms with E-state index < -0.39 is 21.3 Å². The molecule has 1 aromatic rings. The molecule has 0 radical (unpaired) electrons. The average Bonchev–Trinajstić information content (AvgIpc) is 2.26. The van der Waals surface area contributed by atoms with Crippen LogP contribution in [0.3, 0.4) is 0 Å². The lowest BCUT2D eigenvalue weighted by Gasteiger charge is -2.22. The number of carbonyl (C=O) groups excluding carboxylic acids is 1. The monoisotopic (exact) mass is 286 g/mol. The first-order valence-electron chi connectivity index (χ1n) is 5.50. The van der Waals surface area contributed by atoms with E-state index in [9.17, 15) is 13.2 Å². The van der Waals surface area contributed by atoms with Gasteiger partial charge in [0.15, 0.2) is 0 Å². The van der Waals surface area contributed by atoms with E-state index >= 15 is 0 Å². The standard InChI is InChI=1S/C11H18N4O3S/c1-11(2,10(13)16)6-15-9-5-7(19(14,17)18)3-4-8(9)12/h3-5,15H,6,12H2,1-2H3,(H2,13,16)(H2,14,17,18). The number of nitrogen functional groups attached to an aromatic ring is 1. The van der Waals surface area contributed by atoms with Crippen molar-refractivity contribution < 1.29 is 13.2 Å². The number of primary sulfonamides is 1.